The molecule has 1 aromatic carbocycles. The first kappa shape index (κ1) is 13.8. The number of carbonyl (C=O) groups excluding carboxylic acids is 1. The molecule has 0 spiro atoms. The molecule has 1 amide bonds. The number of amides is 1. The molecule has 1 atom stereocenters. The van der Waals surface area contributed by atoms with E-state index in [9.17, 15) is 9.90 Å². The van der Waals surface area contributed by atoms with Crippen LogP contribution in [0.3, 0.4) is 0 Å². The van der Waals surface area contributed by atoms with Gasteiger partial charge in [-0.3, -0.25) is 4.79 Å². The van der Waals surface area contributed by atoms with Gasteiger partial charge in [-0.05, 0) is 18.1 Å². The highest BCUT2D eigenvalue weighted by Gasteiger charge is 2.09. The number of methoxy groups -OCH3 is 1. The summed E-state index contributed by atoms with van der Waals surface area (Å²) >= 11 is 5.66. The molecule has 2 N–H and O–H groups in total. The topological polar surface area (TPSA) is 58.6 Å². The third-order valence-corrected chi connectivity index (χ3v) is 2.53. The van der Waals surface area contributed by atoms with Gasteiger partial charge in [0.1, 0.15) is 5.75 Å². The maximum Gasteiger partial charge on any atom is 0.224 e. The van der Waals surface area contributed by atoms with E-state index in [4.69, 9.17) is 16.3 Å². The van der Waals surface area contributed by atoms with Crippen molar-refractivity contribution in [3.05, 3.63) is 23.2 Å². The molecule has 17 heavy (non-hydrogen) atoms. The van der Waals surface area contributed by atoms with Crippen molar-refractivity contribution in [3.8, 4) is 5.75 Å². The number of anilines is 1. The monoisotopic (exact) mass is 257 g/mol. The van der Waals surface area contributed by atoms with Gasteiger partial charge in [-0.1, -0.05) is 18.5 Å². The molecule has 0 bridgehead atoms. The Morgan fingerprint density at radius 3 is 2.88 bits per heavy atom. The van der Waals surface area contributed by atoms with E-state index in [0.29, 0.717) is 18.7 Å². The first-order valence-electron chi connectivity index (χ1n) is 5.30. The third-order valence-electron chi connectivity index (χ3n) is 2.21. The van der Waals surface area contributed by atoms with E-state index in [0.717, 1.165) is 0 Å². The lowest BCUT2D eigenvalue weighted by atomic mass is 10.1. The molecule has 0 aliphatic carbocycles. The van der Waals surface area contributed by atoms with Gasteiger partial charge in [-0.2, -0.15) is 0 Å². The molecule has 0 saturated heterocycles. The van der Waals surface area contributed by atoms with Crippen LogP contribution in [0.1, 0.15) is 13.3 Å². The Hall–Kier alpha value is -1.26. The lowest BCUT2D eigenvalue weighted by Crippen LogP contribution is -2.17. The maximum absolute atomic E-state index is 11.6. The van der Waals surface area contributed by atoms with Crippen molar-refractivity contribution in [1.82, 2.24) is 0 Å². The minimum Gasteiger partial charge on any atom is -0.506 e. The van der Waals surface area contributed by atoms with Crippen molar-refractivity contribution in [3.63, 3.8) is 0 Å². The zero-order valence-corrected chi connectivity index (χ0v) is 10.6. The van der Waals surface area contributed by atoms with Crippen LogP contribution < -0.4 is 5.32 Å². The summed E-state index contributed by atoms with van der Waals surface area (Å²) in [5.41, 5.74) is 0.529. The van der Waals surface area contributed by atoms with Gasteiger partial charge in [0, 0.05) is 31.9 Å². The minimum absolute atomic E-state index is 0.0468. The molecular weight excluding hydrogens is 242 g/mol. The number of rotatable bonds is 5. The van der Waals surface area contributed by atoms with Gasteiger partial charge < -0.3 is 15.2 Å². The average molecular weight is 258 g/mol. The van der Waals surface area contributed by atoms with E-state index in [-0.39, 0.29) is 22.6 Å². The largest absolute Gasteiger partial charge is 0.506 e. The van der Waals surface area contributed by atoms with Crippen LogP contribution in [0, 0.1) is 5.92 Å². The molecule has 0 aliphatic heterocycles. The van der Waals surface area contributed by atoms with E-state index >= 15 is 0 Å². The number of phenolic OH excluding ortho intramolecular Hbond substituents is 1. The zero-order chi connectivity index (χ0) is 12.8. The molecule has 1 aromatic rings. The molecular formula is C12H16ClNO3. The van der Waals surface area contributed by atoms with Crippen LogP contribution in [0.5, 0.6) is 5.75 Å². The Morgan fingerprint density at radius 2 is 2.29 bits per heavy atom. The van der Waals surface area contributed by atoms with Crippen LogP contribution in [0.15, 0.2) is 18.2 Å². The Balaban J connectivity index is 2.53. The summed E-state index contributed by atoms with van der Waals surface area (Å²) in [6.07, 6.45) is 0.372. The van der Waals surface area contributed by atoms with Gasteiger partial charge >= 0.3 is 0 Å². The lowest BCUT2D eigenvalue weighted by molar-refractivity contribution is -0.117. The summed E-state index contributed by atoms with van der Waals surface area (Å²) in [5.74, 6) is -0.00780. The van der Waals surface area contributed by atoms with E-state index in [1.54, 1.807) is 13.2 Å². The summed E-state index contributed by atoms with van der Waals surface area (Å²) in [5, 5.41) is 12.3. The molecule has 0 aliphatic rings. The molecule has 4 nitrogen and oxygen atoms in total. The summed E-state index contributed by atoms with van der Waals surface area (Å²) in [6, 6.07) is 4.59. The summed E-state index contributed by atoms with van der Waals surface area (Å²) < 4.78 is 4.95. The second-order valence-corrected chi connectivity index (χ2v) is 4.39. The third kappa shape index (κ3) is 4.63. The molecule has 0 heterocycles. The van der Waals surface area contributed by atoms with Crippen LogP contribution in [0.4, 0.5) is 5.69 Å². The van der Waals surface area contributed by atoms with Gasteiger partial charge in [-0.15, -0.1) is 0 Å². The van der Waals surface area contributed by atoms with Crippen LogP contribution in [0.25, 0.3) is 0 Å². The summed E-state index contributed by atoms with van der Waals surface area (Å²) in [7, 11) is 1.60. The number of phenols is 1. The van der Waals surface area contributed by atoms with Crippen LogP contribution in [0.2, 0.25) is 5.02 Å². The zero-order valence-electron chi connectivity index (χ0n) is 9.87. The van der Waals surface area contributed by atoms with Crippen molar-refractivity contribution in [2.75, 3.05) is 19.0 Å². The predicted octanol–water partition coefficient (Wildman–Crippen LogP) is 2.66. The molecule has 5 heteroatoms. The molecule has 94 valence electrons. The van der Waals surface area contributed by atoms with Gasteiger partial charge in [0.25, 0.3) is 0 Å². The number of hydrogen-bond donors (Lipinski definition) is 2. The van der Waals surface area contributed by atoms with E-state index in [2.05, 4.69) is 5.32 Å². The lowest BCUT2D eigenvalue weighted by Gasteiger charge is -2.10. The fraction of sp³-hybridized carbons (Fsp3) is 0.417. The van der Waals surface area contributed by atoms with E-state index < -0.39 is 0 Å². The second-order valence-electron chi connectivity index (χ2n) is 3.98. The van der Waals surface area contributed by atoms with Crippen LogP contribution in [-0.2, 0) is 9.53 Å². The first-order valence-corrected chi connectivity index (χ1v) is 5.68. The number of hydrogen-bond acceptors (Lipinski definition) is 3. The number of nitrogens with one attached hydrogen (secondary N) is 1. The first-order chi connectivity index (χ1) is 8.02. The Kier molecular flexibility index (Phi) is 5.25. The normalized spacial score (nSPS) is 12.2. The predicted molar refractivity (Wildman–Crippen MR) is 67.4 cm³/mol. The summed E-state index contributed by atoms with van der Waals surface area (Å²) in [4.78, 5) is 11.6. The summed E-state index contributed by atoms with van der Waals surface area (Å²) in [6.45, 7) is 2.47. The van der Waals surface area contributed by atoms with Gasteiger partial charge in [0.05, 0.1) is 5.02 Å². The second kappa shape index (κ2) is 6.47. The van der Waals surface area contributed by atoms with E-state index in [1.807, 2.05) is 6.92 Å². The highest BCUT2D eigenvalue weighted by molar-refractivity contribution is 6.32. The number of ether oxygens (including phenoxy) is 1. The Bertz CT molecular complexity index is 395. The van der Waals surface area contributed by atoms with Gasteiger partial charge in [-0.25, -0.2) is 0 Å². The molecule has 0 saturated carbocycles. The molecule has 0 radical (unpaired) electrons. The average Bonchev–Trinajstić information content (AvgIpc) is 2.23. The van der Waals surface area contributed by atoms with Crippen molar-refractivity contribution in [2.45, 2.75) is 13.3 Å². The van der Waals surface area contributed by atoms with Gasteiger partial charge in [0.15, 0.2) is 0 Å². The number of halogens is 1. The quantitative estimate of drug-likeness (QED) is 0.853. The number of carbonyl (C=O) groups is 1. The highest BCUT2D eigenvalue weighted by atomic mass is 35.5. The number of aromatic hydroxyl groups is 1. The fourth-order valence-corrected chi connectivity index (χ4v) is 1.58. The molecule has 1 rings (SSSR count). The number of benzene rings is 1. The van der Waals surface area contributed by atoms with Crippen LogP contribution in [-0.4, -0.2) is 24.7 Å². The van der Waals surface area contributed by atoms with Crippen LogP contribution >= 0.6 is 11.6 Å². The fourth-order valence-electron chi connectivity index (χ4n) is 1.46. The SMILES string of the molecule is COCC(C)CC(=O)Nc1ccc(Cl)c(O)c1. The van der Waals surface area contributed by atoms with Crippen molar-refractivity contribution >= 4 is 23.2 Å². The van der Waals surface area contributed by atoms with Gasteiger partial charge in [0.2, 0.25) is 5.91 Å². The maximum atomic E-state index is 11.6. The van der Waals surface area contributed by atoms with Crippen molar-refractivity contribution in [2.24, 2.45) is 5.92 Å². The Morgan fingerprint density at radius 1 is 1.59 bits per heavy atom. The van der Waals surface area contributed by atoms with E-state index in [1.165, 1.54) is 12.1 Å². The van der Waals surface area contributed by atoms with Crippen molar-refractivity contribution < 1.29 is 14.6 Å². The standard InChI is InChI=1S/C12H16ClNO3/c1-8(7-17-2)5-12(16)14-9-3-4-10(13)11(15)6-9/h3-4,6,8,15H,5,7H2,1-2H3,(H,14,16). The smallest absolute Gasteiger partial charge is 0.224 e. The molecule has 0 aromatic heterocycles. The van der Waals surface area contributed by atoms with Crippen molar-refractivity contribution in [1.29, 1.82) is 0 Å². The molecule has 0 fully saturated rings. The Labute approximate surface area is 106 Å². The minimum atomic E-state index is -0.115. The highest BCUT2D eigenvalue weighted by Crippen LogP contribution is 2.26. The molecule has 1 unspecified atom stereocenters.